The molecule has 4 nitrogen and oxygen atoms in total. The van der Waals surface area contributed by atoms with Gasteiger partial charge in [0.25, 0.3) is 0 Å². The molecule has 144 valence electrons. The first-order valence-corrected chi connectivity index (χ1v) is 10.3. The highest BCUT2D eigenvalue weighted by Crippen LogP contribution is 2.60. The maximum Gasteiger partial charge on any atom is 0.246 e. The summed E-state index contributed by atoms with van der Waals surface area (Å²) >= 11 is 0. The fourth-order valence-electron chi connectivity index (χ4n) is 5.96. The van der Waals surface area contributed by atoms with Gasteiger partial charge in [-0.1, -0.05) is 30.3 Å². The Morgan fingerprint density at radius 2 is 1.57 bits per heavy atom. The number of benzene rings is 2. The van der Waals surface area contributed by atoms with Gasteiger partial charge in [-0.2, -0.15) is 5.10 Å². The summed E-state index contributed by atoms with van der Waals surface area (Å²) in [7, 11) is 0. The van der Waals surface area contributed by atoms with Crippen LogP contribution >= 0.6 is 0 Å². The summed E-state index contributed by atoms with van der Waals surface area (Å²) in [6.07, 6.45) is 8.89. The smallest absolute Gasteiger partial charge is 0.246 e. The van der Waals surface area contributed by atoms with Crippen LogP contribution in [0.4, 0.5) is 0 Å². The van der Waals surface area contributed by atoms with E-state index in [0.29, 0.717) is 0 Å². The van der Waals surface area contributed by atoms with E-state index in [4.69, 9.17) is 4.74 Å². The number of rotatable bonds is 5. The normalized spacial score (nSPS) is 30.5. The molecule has 0 saturated heterocycles. The fourth-order valence-corrected chi connectivity index (χ4v) is 5.96. The summed E-state index contributed by atoms with van der Waals surface area (Å²) in [5.41, 5.74) is 3.59. The van der Waals surface area contributed by atoms with Crippen LogP contribution in [-0.2, 0) is 4.79 Å². The van der Waals surface area contributed by atoms with Crippen molar-refractivity contribution in [3.05, 3.63) is 60.2 Å². The van der Waals surface area contributed by atoms with Crippen molar-refractivity contribution in [2.45, 2.75) is 38.5 Å². The molecule has 0 aromatic heterocycles. The van der Waals surface area contributed by atoms with Gasteiger partial charge in [-0.15, -0.1) is 0 Å². The number of nitrogens with zero attached hydrogens (tertiary/aromatic N) is 1. The zero-order valence-corrected chi connectivity index (χ0v) is 16.0. The minimum atomic E-state index is -0.162. The topological polar surface area (TPSA) is 50.7 Å². The van der Waals surface area contributed by atoms with Crippen molar-refractivity contribution in [1.29, 1.82) is 0 Å². The third-order valence-electron chi connectivity index (χ3n) is 6.74. The SMILES string of the molecule is O=C(NN=Cc1cccc(Oc2ccccc2)c1)C12CC3CC(CC(C3)C1)C2. The summed E-state index contributed by atoms with van der Waals surface area (Å²) < 4.78 is 5.86. The molecular formula is C24H26N2O2. The third-order valence-corrected chi connectivity index (χ3v) is 6.74. The fraction of sp³-hybridized carbons (Fsp3) is 0.417. The van der Waals surface area contributed by atoms with Gasteiger partial charge < -0.3 is 4.74 Å². The van der Waals surface area contributed by atoms with Crippen LogP contribution in [0.25, 0.3) is 0 Å². The Balaban J connectivity index is 1.23. The molecule has 0 heterocycles. The Labute approximate surface area is 166 Å². The van der Waals surface area contributed by atoms with Crippen molar-refractivity contribution in [1.82, 2.24) is 5.43 Å². The molecule has 0 unspecified atom stereocenters. The number of hydrogen-bond acceptors (Lipinski definition) is 3. The van der Waals surface area contributed by atoms with Gasteiger partial charge in [0.2, 0.25) is 5.91 Å². The number of hydrogen-bond donors (Lipinski definition) is 1. The molecule has 0 atom stereocenters. The molecule has 4 fully saturated rings. The molecule has 2 aromatic carbocycles. The number of carbonyl (C=O) groups is 1. The van der Waals surface area contributed by atoms with Crippen LogP contribution in [0, 0.1) is 23.2 Å². The maximum atomic E-state index is 12.9. The zero-order valence-electron chi connectivity index (χ0n) is 16.0. The van der Waals surface area contributed by atoms with E-state index in [1.54, 1.807) is 6.21 Å². The lowest BCUT2D eigenvalue weighted by atomic mass is 9.49. The molecule has 6 rings (SSSR count). The molecule has 4 aliphatic rings. The van der Waals surface area contributed by atoms with E-state index in [2.05, 4.69) is 10.5 Å². The molecule has 1 N–H and O–H groups in total. The number of para-hydroxylation sites is 1. The van der Waals surface area contributed by atoms with Gasteiger partial charge in [-0.3, -0.25) is 4.79 Å². The Kier molecular flexibility index (Phi) is 4.42. The minimum absolute atomic E-state index is 0.125. The van der Waals surface area contributed by atoms with Gasteiger partial charge in [-0.25, -0.2) is 5.43 Å². The predicted octanol–water partition coefficient (Wildman–Crippen LogP) is 5.15. The van der Waals surface area contributed by atoms with Gasteiger partial charge in [0.1, 0.15) is 11.5 Å². The van der Waals surface area contributed by atoms with E-state index in [1.165, 1.54) is 19.3 Å². The van der Waals surface area contributed by atoms with Gasteiger partial charge in [0.15, 0.2) is 0 Å². The van der Waals surface area contributed by atoms with Crippen molar-refractivity contribution < 1.29 is 9.53 Å². The van der Waals surface area contributed by atoms with Crippen LogP contribution in [0.5, 0.6) is 11.5 Å². The second-order valence-electron chi connectivity index (χ2n) is 8.88. The summed E-state index contributed by atoms with van der Waals surface area (Å²) in [4.78, 5) is 12.9. The largest absolute Gasteiger partial charge is 0.457 e. The van der Waals surface area contributed by atoms with E-state index in [0.717, 1.165) is 54.1 Å². The molecule has 4 bridgehead atoms. The molecule has 0 spiro atoms. The maximum absolute atomic E-state index is 12.9. The summed E-state index contributed by atoms with van der Waals surface area (Å²) in [5, 5.41) is 4.27. The standard InChI is InChI=1S/C24H26N2O2/c27-23(24-13-18-9-19(14-24)11-20(10-18)15-24)26-25-16-17-5-4-8-22(12-17)28-21-6-2-1-3-7-21/h1-8,12,16,18-20H,9-11,13-15H2,(H,26,27). The van der Waals surface area contributed by atoms with Crippen molar-refractivity contribution >= 4 is 12.1 Å². The third kappa shape index (κ3) is 3.44. The van der Waals surface area contributed by atoms with E-state index in [-0.39, 0.29) is 11.3 Å². The van der Waals surface area contributed by atoms with Crippen LogP contribution in [0.1, 0.15) is 44.1 Å². The highest BCUT2D eigenvalue weighted by molar-refractivity contribution is 5.86. The molecule has 1 amide bonds. The molecule has 4 aliphatic carbocycles. The lowest BCUT2D eigenvalue weighted by molar-refractivity contribution is -0.146. The van der Waals surface area contributed by atoms with Gasteiger partial charge >= 0.3 is 0 Å². The van der Waals surface area contributed by atoms with Crippen molar-refractivity contribution in [2.75, 3.05) is 0 Å². The van der Waals surface area contributed by atoms with Crippen molar-refractivity contribution in [3.8, 4) is 11.5 Å². The Bertz CT molecular complexity index is 855. The second-order valence-corrected chi connectivity index (χ2v) is 8.88. The summed E-state index contributed by atoms with van der Waals surface area (Å²) in [5.74, 6) is 3.95. The second kappa shape index (κ2) is 7.08. The van der Waals surface area contributed by atoms with E-state index in [9.17, 15) is 4.79 Å². The summed E-state index contributed by atoms with van der Waals surface area (Å²) in [6.45, 7) is 0. The number of ether oxygens (including phenoxy) is 1. The monoisotopic (exact) mass is 374 g/mol. The molecule has 4 saturated carbocycles. The lowest BCUT2D eigenvalue weighted by Gasteiger charge is -2.55. The Morgan fingerprint density at radius 3 is 2.25 bits per heavy atom. The highest BCUT2D eigenvalue weighted by Gasteiger charge is 2.54. The highest BCUT2D eigenvalue weighted by atomic mass is 16.5. The number of carbonyl (C=O) groups excluding carboxylic acids is 1. The van der Waals surface area contributed by atoms with Gasteiger partial charge in [-0.05, 0) is 86.1 Å². The van der Waals surface area contributed by atoms with Crippen LogP contribution in [0.3, 0.4) is 0 Å². The number of hydrazone groups is 1. The Hall–Kier alpha value is -2.62. The average Bonchev–Trinajstić information content (AvgIpc) is 2.68. The van der Waals surface area contributed by atoms with E-state index >= 15 is 0 Å². The molecule has 0 radical (unpaired) electrons. The van der Waals surface area contributed by atoms with Gasteiger partial charge in [0, 0.05) is 0 Å². The van der Waals surface area contributed by atoms with E-state index in [1.807, 2.05) is 54.6 Å². The van der Waals surface area contributed by atoms with Crippen LogP contribution < -0.4 is 10.2 Å². The Morgan fingerprint density at radius 1 is 0.929 bits per heavy atom. The first-order chi connectivity index (χ1) is 13.7. The molecule has 28 heavy (non-hydrogen) atoms. The van der Waals surface area contributed by atoms with Crippen molar-refractivity contribution in [3.63, 3.8) is 0 Å². The molecular weight excluding hydrogens is 348 g/mol. The quantitative estimate of drug-likeness (QED) is 0.581. The first-order valence-electron chi connectivity index (χ1n) is 10.3. The summed E-state index contributed by atoms with van der Waals surface area (Å²) in [6, 6.07) is 17.4. The van der Waals surface area contributed by atoms with E-state index < -0.39 is 0 Å². The van der Waals surface area contributed by atoms with Crippen molar-refractivity contribution in [2.24, 2.45) is 28.3 Å². The molecule has 2 aromatic rings. The lowest BCUT2D eigenvalue weighted by Crippen LogP contribution is -2.52. The van der Waals surface area contributed by atoms with Crippen LogP contribution in [-0.4, -0.2) is 12.1 Å². The first kappa shape index (κ1) is 17.5. The number of amides is 1. The predicted molar refractivity (Wildman–Crippen MR) is 109 cm³/mol. The zero-order chi connectivity index (χ0) is 19.0. The number of nitrogens with one attached hydrogen (secondary N) is 1. The van der Waals surface area contributed by atoms with Crippen LogP contribution in [0.2, 0.25) is 0 Å². The molecule has 0 aliphatic heterocycles. The molecule has 4 heteroatoms. The average molecular weight is 374 g/mol. The minimum Gasteiger partial charge on any atom is -0.457 e. The van der Waals surface area contributed by atoms with Crippen LogP contribution in [0.15, 0.2) is 59.7 Å². The van der Waals surface area contributed by atoms with Gasteiger partial charge in [0.05, 0.1) is 11.6 Å².